The molecule has 0 unspecified atom stereocenters. The summed E-state index contributed by atoms with van der Waals surface area (Å²) in [7, 11) is 3.18. The number of aryl methyl sites for hydroxylation is 1. The van der Waals surface area contributed by atoms with Crippen LogP contribution in [0.15, 0.2) is 35.3 Å². The lowest BCUT2D eigenvalue weighted by Crippen LogP contribution is -2.38. The summed E-state index contributed by atoms with van der Waals surface area (Å²) in [5, 5.41) is 6.54. The number of ether oxygens (including phenoxy) is 1. The van der Waals surface area contributed by atoms with Crippen molar-refractivity contribution < 1.29 is 9.53 Å². The summed E-state index contributed by atoms with van der Waals surface area (Å²) in [6.07, 6.45) is 4.34. The van der Waals surface area contributed by atoms with E-state index >= 15 is 0 Å². The molecule has 0 aliphatic rings. The van der Waals surface area contributed by atoms with Gasteiger partial charge in [-0.1, -0.05) is 30.3 Å². The van der Waals surface area contributed by atoms with Crippen molar-refractivity contribution in [2.24, 2.45) is 4.99 Å². The Morgan fingerprint density at radius 2 is 1.74 bits per heavy atom. The number of guanidine groups is 1. The molecular weight excluding hydrogens is 405 g/mol. The normalized spacial score (nSPS) is 10.6. The molecule has 0 fully saturated rings. The lowest BCUT2D eigenvalue weighted by atomic mass is 10.1. The van der Waals surface area contributed by atoms with Gasteiger partial charge in [-0.15, -0.1) is 24.0 Å². The molecule has 23 heavy (non-hydrogen) atoms. The van der Waals surface area contributed by atoms with Gasteiger partial charge in [-0.25, -0.2) is 0 Å². The van der Waals surface area contributed by atoms with Crippen molar-refractivity contribution in [3.8, 4) is 0 Å². The second-order valence-corrected chi connectivity index (χ2v) is 5.05. The number of aliphatic imine (C=N–C) groups is 1. The number of benzene rings is 1. The number of nitrogens with one attached hydrogen (secondary N) is 2. The van der Waals surface area contributed by atoms with E-state index in [2.05, 4.69) is 44.6 Å². The minimum absolute atomic E-state index is 0. The van der Waals surface area contributed by atoms with E-state index in [1.165, 1.54) is 12.7 Å². The summed E-state index contributed by atoms with van der Waals surface area (Å²) >= 11 is 0. The summed E-state index contributed by atoms with van der Waals surface area (Å²) < 4.78 is 4.61. The molecule has 1 rings (SSSR count). The maximum Gasteiger partial charge on any atom is 0.305 e. The minimum Gasteiger partial charge on any atom is -0.469 e. The van der Waals surface area contributed by atoms with E-state index < -0.39 is 0 Å². The van der Waals surface area contributed by atoms with Crippen LogP contribution in [0.5, 0.6) is 0 Å². The zero-order valence-corrected chi connectivity index (χ0v) is 16.3. The predicted molar refractivity (Wildman–Crippen MR) is 105 cm³/mol. The lowest BCUT2D eigenvalue weighted by molar-refractivity contribution is -0.140. The molecule has 0 aromatic heterocycles. The summed E-state index contributed by atoms with van der Waals surface area (Å²) in [6.45, 7) is 1.69. The smallest absolute Gasteiger partial charge is 0.305 e. The van der Waals surface area contributed by atoms with Gasteiger partial charge in [0.15, 0.2) is 5.96 Å². The molecule has 0 aliphatic carbocycles. The maximum atomic E-state index is 11.0. The monoisotopic (exact) mass is 433 g/mol. The molecule has 0 bridgehead atoms. The Kier molecular flexibility index (Phi) is 13.5. The maximum absolute atomic E-state index is 11.0. The topological polar surface area (TPSA) is 62.7 Å². The van der Waals surface area contributed by atoms with Crippen LogP contribution in [0, 0.1) is 0 Å². The molecule has 130 valence electrons. The number of esters is 1. The number of carbonyl (C=O) groups is 1. The number of halogens is 1. The van der Waals surface area contributed by atoms with Crippen molar-refractivity contribution in [2.45, 2.75) is 32.1 Å². The number of rotatable bonds is 9. The van der Waals surface area contributed by atoms with Crippen LogP contribution in [-0.4, -0.2) is 39.2 Å². The van der Waals surface area contributed by atoms with Gasteiger partial charge in [0.05, 0.1) is 7.11 Å². The second-order valence-electron chi connectivity index (χ2n) is 5.05. The standard InChI is InChI=1S/C17H27N3O2.HI/c1-18-17(19-13-7-6-12-16(21)22-2)20-14-8-11-15-9-4-3-5-10-15;/h3-5,9-10H,6-8,11-14H2,1-2H3,(H2,18,19,20);1H. The van der Waals surface area contributed by atoms with Gasteiger partial charge in [-0.05, 0) is 31.2 Å². The molecule has 6 heteroatoms. The van der Waals surface area contributed by atoms with E-state index in [1.807, 2.05) is 6.07 Å². The minimum atomic E-state index is -0.150. The molecule has 0 spiro atoms. The van der Waals surface area contributed by atoms with E-state index in [1.54, 1.807) is 7.05 Å². The van der Waals surface area contributed by atoms with Gasteiger partial charge < -0.3 is 15.4 Å². The highest BCUT2D eigenvalue weighted by Gasteiger charge is 2.00. The summed E-state index contributed by atoms with van der Waals surface area (Å²) in [5.74, 6) is 0.662. The lowest BCUT2D eigenvalue weighted by Gasteiger charge is -2.11. The van der Waals surface area contributed by atoms with Gasteiger partial charge in [0.25, 0.3) is 0 Å². The van der Waals surface area contributed by atoms with E-state index in [0.717, 1.165) is 44.7 Å². The van der Waals surface area contributed by atoms with E-state index in [-0.39, 0.29) is 29.9 Å². The van der Waals surface area contributed by atoms with Crippen molar-refractivity contribution in [3.05, 3.63) is 35.9 Å². The first-order valence-electron chi connectivity index (χ1n) is 7.81. The van der Waals surface area contributed by atoms with Crippen LogP contribution in [0.1, 0.15) is 31.2 Å². The van der Waals surface area contributed by atoms with Crippen molar-refractivity contribution >= 4 is 35.9 Å². The molecule has 0 atom stereocenters. The molecule has 0 radical (unpaired) electrons. The number of carbonyl (C=O) groups excluding carboxylic acids is 1. The van der Waals surface area contributed by atoms with E-state index in [4.69, 9.17) is 0 Å². The Morgan fingerprint density at radius 1 is 1.09 bits per heavy atom. The molecule has 5 nitrogen and oxygen atoms in total. The van der Waals surface area contributed by atoms with Crippen LogP contribution >= 0.6 is 24.0 Å². The van der Waals surface area contributed by atoms with Crippen LogP contribution in [0.3, 0.4) is 0 Å². The number of hydrogen-bond acceptors (Lipinski definition) is 3. The summed E-state index contributed by atoms with van der Waals surface area (Å²) in [6, 6.07) is 10.5. The SMILES string of the molecule is CN=C(NCCCCC(=O)OC)NCCCc1ccccc1.I. The molecule has 0 saturated carbocycles. The van der Waals surface area contributed by atoms with Crippen molar-refractivity contribution in [1.29, 1.82) is 0 Å². The van der Waals surface area contributed by atoms with Gasteiger partial charge in [-0.2, -0.15) is 0 Å². The Hall–Kier alpha value is -1.31. The molecule has 1 aromatic carbocycles. The fourth-order valence-electron chi connectivity index (χ4n) is 2.07. The van der Waals surface area contributed by atoms with Crippen molar-refractivity contribution in [1.82, 2.24) is 10.6 Å². The number of unbranched alkanes of at least 4 members (excludes halogenated alkanes) is 1. The van der Waals surface area contributed by atoms with Gasteiger partial charge in [0.2, 0.25) is 0 Å². The zero-order valence-electron chi connectivity index (χ0n) is 14.0. The molecule has 0 heterocycles. The third-order valence-corrected chi connectivity index (χ3v) is 3.33. The van der Waals surface area contributed by atoms with Gasteiger partial charge in [-0.3, -0.25) is 9.79 Å². The highest BCUT2D eigenvalue weighted by atomic mass is 127. The molecule has 2 N–H and O–H groups in total. The molecular formula is C17H28IN3O2. The average Bonchev–Trinajstić information content (AvgIpc) is 2.57. The van der Waals surface area contributed by atoms with Crippen LogP contribution in [0.4, 0.5) is 0 Å². The fourth-order valence-corrected chi connectivity index (χ4v) is 2.07. The highest BCUT2D eigenvalue weighted by molar-refractivity contribution is 14.0. The first-order chi connectivity index (χ1) is 10.8. The van der Waals surface area contributed by atoms with Crippen LogP contribution < -0.4 is 10.6 Å². The first kappa shape index (κ1) is 21.7. The molecule has 0 amide bonds. The van der Waals surface area contributed by atoms with Crippen LogP contribution in [-0.2, 0) is 16.0 Å². The van der Waals surface area contributed by atoms with Crippen LogP contribution in [0.2, 0.25) is 0 Å². The van der Waals surface area contributed by atoms with Crippen molar-refractivity contribution in [2.75, 3.05) is 27.2 Å². The van der Waals surface area contributed by atoms with Crippen molar-refractivity contribution in [3.63, 3.8) is 0 Å². The first-order valence-corrected chi connectivity index (χ1v) is 7.81. The number of hydrogen-bond donors (Lipinski definition) is 2. The van der Waals surface area contributed by atoms with Gasteiger partial charge >= 0.3 is 5.97 Å². The Balaban J connectivity index is 0.00000484. The van der Waals surface area contributed by atoms with E-state index in [0.29, 0.717) is 6.42 Å². The molecule has 0 saturated heterocycles. The van der Waals surface area contributed by atoms with Crippen LogP contribution in [0.25, 0.3) is 0 Å². The molecule has 1 aromatic rings. The Morgan fingerprint density at radius 3 is 2.35 bits per heavy atom. The quantitative estimate of drug-likeness (QED) is 0.207. The Bertz CT molecular complexity index is 452. The largest absolute Gasteiger partial charge is 0.469 e. The second kappa shape index (κ2) is 14.3. The molecule has 0 aliphatic heterocycles. The Labute approximate surface area is 156 Å². The van der Waals surface area contributed by atoms with Gasteiger partial charge in [0.1, 0.15) is 0 Å². The average molecular weight is 433 g/mol. The number of nitrogens with zero attached hydrogens (tertiary/aromatic N) is 1. The fraction of sp³-hybridized carbons (Fsp3) is 0.529. The third kappa shape index (κ3) is 11.0. The summed E-state index contributed by atoms with van der Waals surface area (Å²) in [5.41, 5.74) is 1.36. The number of methoxy groups -OCH3 is 1. The van der Waals surface area contributed by atoms with Gasteiger partial charge in [0, 0.05) is 26.6 Å². The van der Waals surface area contributed by atoms with E-state index in [9.17, 15) is 4.79 Å². The highest BCUT2D eigenvalue weighted by Crippen LogP contribution is 2.01. The zero-order chi connectivity index (χ0) is 16.0. The third-order valence-electron chi connectivity index (χ3n) is 3.33. The predicted octanol–water partition coefficient (Wildman–Crippen LogP) is 2.75. The summed E-state index contributed by atoms with van der Waals surface area (Å²) in [4.78, 5) is 15.2.